The number of carbonyl (C=O) groups is 1. The highest BCUT2D eigenvalue weighted by Crippen LogP contribution is 2.20. The Morgan fingerprint density at radius 3 is 2.31 bits per heavy atom. The van der Waals surface area contributed by atoms with E-state index in [0.29, 0.717) is 12.3 Å². The first kappa shape index (κ1) is 9.63. The summed E-state index contributed by atoms with van der Waals surface area (Å²) in [6.45, 7) is 0. The highest BCUT2D eigenvalue weighted by molar-refractivity contribution is 5.99. The van der Waals surface area contributed by atoms with E-state index in [0.717, 1.165) is 6.07 Å². The van der Waals surface area contributed by atoms with Gasteiger partial charge in [0, 0.05) is 11.8 Å². The van der Waals surface area contributed by atoms with Crippen molar-refractivity contribution in [3.05, 3.63) is 29.8 Å². The molecule has 1 aromatic heterocycles. The van der Waals surface area contributed by atoms with Crippen LogP contribution in [0.3, 0.4) is 0 Å². The summed E-state index contributed by atoms with van der Waals surface area (Å²) in [7, 11) is 0. The maximum absolute atomic E-state index is 12.1. The van der Waals surface area contributed by atoms with Gasteiger partial charge in [-0.25, -0.2) is 4.98 Å². The fourth-order valence-electron chi connectivity index (χ4n) is 0.674. The largest absolute Gasteiger partial charge is 0.454 e. The van der Waals surface area contributed by atoms with Crippen molar-refractivity contribution < 1.29 is 22.4 Å². The van der Waals surface area contributed by atoms with Gasteiger partial charge in [0.05, 0.1) is 0 Å². The van der Waals surface area contributed by atoms with Gasteiger partial charge in [-0.2, -0.15) is 17.6 Å². The third kappa shape index (κ3) is 2.24. The number of alkyl halides is 3. The first-order chi connectivity index (χ1) is 5.91. The van der Waals surface area contributed by atoms with Crippen molar-refractivity contribution in [1.82, 2.24) is 4.98 Å². The second-order valence-electron chi connectivity index (χ2n) is 2.20. The molecule has 0 aliphatic rings. The third-order valence-corrected chi connectivity index (χ3v) is 1.25. The summed E-state index contributed by atoms with van der Waals surface area (Å²) in [5.74, 6) is -2.96. The number of rotatable bonds is 1. The molecule has 70 valence electrons. The van der Waals surface area contributed by atoms with Crippen molar-refractivity contribution in [2.24, 2.45) is 0 Å². The fourth-order valence-corrected chi connectivity index (χ4v) is 0.674. The van der Waals surface area contributed by atoms with E-state index in [4.69, 9.17) is 0 Å². The second kappa shape index (κ2) is 3.12. The SMILES string of the molecule is O=C(c1ccc(F)nc1)C(F)(F)F. The van der Waals surface area contributed by atoms with Gasteiger partial charge in [0.25, 0.3) is 5.78 Å². The molecule has 1 aromatic rings. The molecule has 0 aliphatic heterocycles. The molecule has 2 nitrogen and oxygen atoms in total. The Bertz CT molecular complexity index is 316. The van der Waals surface area contributed by atoms with Crippen LogP contribution in [0.5, 0.6) is 0 Å². The van der Waals surface area contributed by atoms with Crippen LogP contribution in [0.1, 0.15) is 10.4 Å². The summed E-state index contributed by atoms with van der Waals surface area (Å²) < 4.78 is 47.4. The van der Waals surface area contributed by atoms with Crippen molar-refractivity contribution in [2.75, 3.05) is 0 Å². The number of halogens is 4. The molecule has 0 aliphatic carbocycles. The fraction of sp³-hybridized carbons (Fsp3) is 0.143. The van der Waals surface area contributed by atoms with Gasteiger partial charge in [-0.05, 0) is 12.1 Å². The first-order valence-corrected chi connectivity index (χ1v) is 3.14. The zero-order valence-electron chi connectivity index (χ0n) is 6.10. The van der Waals surface area contributed by atoms with Crippen molar-refractivity contribution in [2.45, 2.75) is 6.18 Å². The van der Waals surface area contributed by atoms with Gasteiger partial charge in [-0.3, -0.25) is 4.79 Å². The van der Waals surface area contributed by atoms with Crippen molar-refractivity contribution in [1.29, 1.82) is 0 Å². The normalized spacial score (nSPS) is 11.4. The van der Waals surface area contributed by atoms with Gasteiger partial charge in [-0.15, -0.1) is 0 Å². The van der Waals surface area contributed by atoms with Gasteiger partial charge in [0.2, 0.25) is 5.95 Å². The molecule has 0 bridgehead atoms. The summed E-state index contributed by atoms with van der Waals surface area (Å²) in [6, 6.07) is 1.43. The van der Waals surface area contributed by atoms with Gasteiger partial charge in [0.1, 0.15) is 0 Å². The number of pyridine rings is 1. The molecule has 0 saturated carbocycles. The summed E-state index contributed by atoms with van der Waals surface area (Å²) in [5.41, 5.74) is -0.672. The Kier molecular flexibility index (Phi) is 2.31. The predicted octanol–water partition coefficient (Wildman–Crippen LogP) is 1.97. The quantitative estimate of drug-likeness (QED) is 0.387. The molecule has 0 amide bonds. The molecule has 0 unspecified atom stereocenters. The van der Waals surface area contributed by atoms with Crippen molar-refractivity contribution >= 4 is 5.78 Å². The monoisotopic (exact) mass is 193 g/mol. The molecular formula is C7H3F4NO. The average Bonchev–Trinajstić information content (AvgIpc) is 2.03. The van der Waals surface area contributed by atoms with Crippen LogP contribution in [-0.4, -0.2) is 16.9 Å². The molecule has 0 atom stereocenters. The molecule has 0 radical (unpaired) electrons. The highest BCUT2D eigenvalue weighted by atomic mass is 19.4. The summed E-state index contributed by atoms with van der Waals surface area (Å²) >= 11 is 0. The lowest BCUT2D eigenvalue weighted by molar-refractivity contribution is -0.0885. The summed E-state index contributed by atoms with van der Waals surface area (Å²) in [4.78, 5) is 13.4. The Labute approximate surface area is 70.2 Å². The zero-order valence-corrected chi connectivity index (χ0v) is 6.10. The van der Waals surface area contributed by atoms with E-state index in [-0.39, 0.29) is 0 Å². The standard InChI is InChI=1S/C7H3F4NO/c8-5-2-1-4(3-12-5)6(13)7(9,10)11/h1-3H. The number of Topliss-reactive ketones (excluding diaryl/α,β-unsaturated/α-hetero) is 1. The Balaban J connectivity index is 2.97. The molecule has 0 saturated heterocycles. The van der Waals surface area contributed by atoms with Crippen molar-refractivity contribution in [3.8, 4) is 0 Å². The number of ketones is 1. The minimum atomic E-state index is -4.94. The van der Waals surface area contributed by atoms with Crippen LogP contribution in [0.2, 0.25) is 0 Å². The minimum absolute atomic E-state index is 0.547. The molecule has 0 N–H and O–H groups in total. The summed E-state index contributed by atoms with van der Waals surface area (Å²) in [5, 5.41) is 0. The van der Waals surface area contributed by atoms with Crippen LogP contribution in [0.4, 0.5) is 17.6 Å². The van der Waals surface area contributed by atoms with Gasteiger partial charge in [-0.1, -0.05) is 0 Å². The lowest BCUT2D eigenvalue weighted by Crippen LogP contribution is -2.22. The van der Waals surface area contributed by atoms with E-state index in [1.807, 2.05) is 0 Å². The van der Waals surface area contributed by atoms with E-state index in [1.54, 1.807) is 0 Å². The average molecular weight is 193 g/mol. The maximum atomic E-state index is 12.1. The lowest BCUT2D eigenvalue weighted by Gasteiger charge is -2.03. The van der Waals surface area contributed by atoms with E-state index < -0.39 is 23.5 Å². The molecule has 0 fully saturated rings. The van der Waals surface area contributed by atoms with Crippen LogP contribution in [0.15, 0.2) is 18.3 Å². The number of nitrogens with zero attached hydrogens (tertiary/aromatic N) is 1. The van der Waals surface area contributed by atoms with Gasteiger partial charge >= 0.3 is 6.18 Å². The van der Waals surface area contributed by atoms with Crippen LogP contribution in [0, 0.1) is 5.95 Å². The van der Waals surface area contributed by atoms with Gasteiger partial charge < -0.3 is 0 Å². The summed E-state index contributed by atoms with van der Waals surface area (Å²) in [6.07, 6.45) is -4.40. The molecule has 0 aromatic carbocycles. The molecule has 0 spiro atoms. The van der Waals surface area contributed by atoms with E-state index in [9.17, 15) is 22.4 Å². The van der Waals surface area contributed by atoms with Crippen LogP contribution >= 0.6 is 0 Å². The topological polar surface area (TPSA) is 30.0 Å². The van der Waals surface area contributed by atoms with E-state index in [1.165, 1.54) is 0 Å². The molecule has 1 heterocycles. The van der Waals surface area contributed by atoms with Crippen LogP contribution in [0.25, 0.3) is 0 Å². The van der Waals surface area contributed by atoms with E-state index in [2.05, 4.69) is 4.98 Å². The number of hydrogen-bond acceptors (Lipinski definition) is 2. The Morgan fingerprint density at radius 2 is 1.92 bits per heavy atom. The van der Waals surface area contributed by atoms with Crippen molar-refractivity contribution in [3.63, 3.8) is 0 Å². The predicted molar refractivity (Wildman–Crippen MR) is 34.6 cm³/mol. The molecular weight excluding hydrogens is 190 g/mol. The molecule has 6 heteroatoms. The van der Waals surface area contributed by atoms with Gasteiger partial charge in [0.15, 0.2) is 0 Å². The first-order valence-electron chi connectivity index (χ1n) is 3.14. The highest BCUT2D eigenvalue weighted by Gasteiger charge is 2.39. The second-order valence-corrected chi connectivity index (χ2v) is 2.20. The maximum Gasteiger partial charge on any atom is 0.454 e. The number of aromatic nitrogens is 1. The minimum Gasteiger partial charge on any atom is -0.284 e. The van der Waals surface area contributed by atoms with Crippen LogP contribution in [-0.2, 0) is 0 Å². The van der Waals surface area contributed by atoms with E-state index >= 15 is 0 Å². The Hall–Kier alpha value is -1.46. The van der Waals surface area contributed by atoms with Crippen LogP contribution < -0.4 is 0 Å². The number of carbonyl (C=O) groups excluding carboxylic acids is 1. The molecule has 13 heavy (non-hydrogen) atoms. The molecule has 1 rings (SSSR count). The Morgan fingerprint density at radius 1 is 1.31 bits per heavy atom. The zero-order chi connectivity index (χ0) is 10.1. The third-order valence-electron chi connectivity index (χ3n) is 1.25. The lowest BCUT2D eigenvalue weighted by atomic mass is 10.2. The number of hydrogen-bond donors (Lipinski definition) is 0. The smallest absolute Gasteiger partial charge is 0.284 e.